The standard InChI is InChI=1S/C12H20N2OS/c1-8-7-16-11(14-8)4-5-13-9-6-10(15)12(9,2)3/h7,9-10,13,15H,4-6H2,1-3H3. The zero-order valence-electron chi connectivity index (χ0n) is 10.2. The molecule has 1 aromatic rings. The largest absolute Gasteiger partial charge is 0.392 e. The average Bonchev–Trinajstić information content (AvgIpc) is 2.63. The number of aromatic nitrogens is 1. The summed E-state index contributed by atoms with van der Waals surface area (Å²) in [7, 11) is 0. The van der Waals surface area contributed by atoms with Crippen LogP contribution in [0.15, 0.2) is 5.38 Å². The van der Waals surface area contributed by atoms with E-state index in [0.717, 1.165) is 25.1 Å². The van der Waals surface area contributed by atoms with Crippen LogP contribution in [0.4, 0.5) is 0 Å². The smallest absolute Gasteiger partial charge is 0.0940 e. The van der Waals surface area contributed by atoms with Gasteiger partial charge in [0.25, 0.3) is 0 Å². The number of aliphatic hydroxyl groups excluding tert-OH is 1. The van der Waals surface area contributed by atoms with Crippen molar-refractivity contribution in [3.63, 3.8) is 0 Å². The molecule has 3 nitrogen and oxygen atoms in total. The Kier molecular flexibility index (Phi) is 3.33. The highest BCUT2D eigenvalue weighted by Gasteiger charge is 2.46. The normalized spacial score (nSPS) is 27.8. The Morgan fingerprint density at radius 3 is 2.88 bits per heavy atom. The minimum atomic E-state index is -0.146. The molecule has 0 aromatic carbocycles. The summed E-state index contributed by atoms with van der Waals surface area (Å²) in [4.78, 5) is 4.43. The van der Waals surface area contributed by atoms with E-state index in [2.05, 4.69) is 29.5 Å². The number of hydrogen-bond acceptors (Lipinski definition) is 4. The molecule has 1 fully saturated rings. The molecule has 4 heteroatoms. The van der Waals surface area contributed by atoms with Crippen LogP contribution >= 0.6 is 11.3 Å². The van der Waals surface area contributed by atoms with Gasteiger partial charge in [0.1, 0.15) is 0 Å². The van der Waals surface area contributed by atoms with E-state index in [1.165, 1.54) is 5.01 Å². The quantitative estimate of drug-likeness (QED) is 0.842. The van der Waals surface area contributed by atoms with E-state index in [1.807, 2.05) is 6.92 Å². The monoisotopic (exact) mass is 240 g/mol. The van der Waals surface area contributed by atoms with Crippen LogP contribution in [0.3, 0.4) is 0 Å². The van der Waals surface area contributed by atoms with Gasteiger partial charge in [-0.2, -0.15) is 0 Å². The Hall–Kier alpha value is -0.450. The van der Waals surface area contributed by atoms with Crippen molar-refractivity contribution in [2.45, 2.75) is 45.8 Å². The van der Waals surface area contributed by atoms with Crippen LogP contribution in [0.25, 0.3) is 0 Å². The molecule has 1 heterocycles. The molecule has 1 aliphatic rings. The second-order valence-corrected chi connectivity index (χ2v) is 6.15. The van der Waals surface area contributed by atoms with Gasteiger partial charge in [0.2, 0.25) is 0 Å². The first-order valence-corrected chi connectivity index (χ1v) is 6.70. The molecule has 90 valence electrons. The number of rotatable bonds is 4. The van der Waals surface area contributed by atoms with E-state index in [-0.39, 0.29) is 11.5 Å². The molecule has 0 aliphatic heterocycles. The van der Waals surface area contributed by atoms with Crippen LogP contribution in [-0.4, -0.2) is 28.8 Å². The molecule has 2 N–H and O–H groups in total. The second kappa shape index (κ2) is 4.43. The van der Waals surface area contributed by atoms with Crippen molar-refractivity contribution in [2.24, 2.45) is 5.41 Å². The Morgan fingerprint density at radius 1 is 1.62 bits per heavy atom. The highest BCUT2D eigenvalue weighted by atomic mass is 32.1. The Balaban J connectivity index is 1.73. The van der Waals surface area contributed by atoms with Crippen molar-refractivity contribution >= 4 is 11.3 Å². The average molecular weight is 240 g/mol. The minimum absolute atomic E-state index is 0.0266. The van der Waals surface area contributed by atoms with Crippen molar-refractivity contribution < 1.29 is 5.11 Å². The van der Waals surface area contributed by atoms with Gasteiger partial charge >= 0.3 is 0 Å². The maximum Gasteiger partial charge on any atom is 0.0940 e. The van der Waals surface area contributed by atoms with Crippen LogP contribution < -0.4 is 5.32 Å². The number of nitrogens with zero attached hydrogens (tertiary/aromatic N) is 1. The Morgan fingerprint density at radius 2 is 2.38 bits per heavy atom. The van der Waals surface area contributed by atoms with Crippen molar-refractivity contribution in [3.8, 4) is 0 Å². The highest BCUT2D eigenvalue weighted by molar-refractivity contribution is 7.09. The van der Waals surface area contributed by atoms with E-state index in [0.29, 0.717) is 6.04 Å². The van der Waals surface area contributed by atoms with Gasteiger partial charge in [-0.05, 0) is 13.3 Å². The van der Waals surface area contributed by atoms with Gasteiger partial charge in [-0.1, -0.05) is 13.8 Å². The molecule has 0 saturated heterocycles. The van der Waals surface area contributed by atoms with Gasteiger partial charge in [-0.15, -0.1) is 11.3 Å². The first-order valence-electron chi connectivity index (χ1n) is 5.82. The van der Waals surface area contributed by atoms with Gasteiger partial charge in [0, 0.05) is 35.5 Å². The van der Waals surface area contributed by atoms with Crippen molar-refractivity contribution in [1.82, 2.24) is 10.3 Å². The lowest BCUT2D eigenvalue weighted by molar-refractivity contribution is -0.0720. The molecule has 0 bridgehead atoms. The fourth-order valence-electron chi connectivity index (χ4n) is 2.12. The van der Waals surface area contributed by atoms with E-state index < -0.39 is 0 Å². The first-order chi connectivity index (χ1) is 7.50. The highest BCUT2D eigenvalue weighted by Crippen LogP contribution is 2.40. The van der Waals surface area contributed by atoms with Gasteiger partial charge in [0.15, 0.2) is 0 Å². The summed E-state index contributed by atoms with van der Waals surface area (Å²) < 4.78 is 0. The molecule has 16 heavy (non-hydrogen) atoms. The zero-order valence-corrected chi connectivity index (χ0v) is 11.0. The third-order valence-corrected chi connectivity index (χ3v) is 4.64. The van der Waals surface area contributed by atoms with E-state index >= 15 is 0 Å². The molecule has 1 aliphatic carbocycles. The van der Waals surface area contributed by atoms with Gasteiger partial charge < -0.3 is 10.4 Å². The topological polar surface area (TPSA) is 45.1 Å². The molecule has 1 saturated carbocycles. The van der Waals surface area contributed by atoms with Crippen LogP contribution in [0.2, 0.25) is 0 Å². The lowest BCUT2D eigenvalue weighted by atomic mass is 9.64. The van der Waals surface area contributed by atoms with Crippen LogP contribution in [0.1, 0.15) is 31.0 Å². The number of thiazole rings is 1. The first kappa shape index (κ1) is 12.0. The number of nitrogens with one attached hydrogen (secondary N) is 1. The van der Waals surface area contributed by atoms with Crippen molar-refractivity contribution in [1.29, 1.82) is 0 Å². The predicted molar refractivity (Wildman–Crippen MR) is 66.8 cm³/mol. The summed E-state index contributed by atoms with van der Waals surface area (Å²) in [5.41, 5.74) is 1.14. The minimum Gasteiger partial charge on any atom is -0.392 e. The van der Waals surface area contributed by atoms with E-state index in [4.69, 9.17) is 0 Å². The van der Waals surface area contributed by atoms with E-state index in [9.17, 15) is 5.11 Å². The van der Waals surface area contributed by atoms with Gasteiger partial charge in [0.05, 0.1) is 11.1 Å². The number of aryl methyl sites for hydroxylation is 1. The lowest BCUT2D eigenvalue weighted by Gasteiger charge is -2.49. The SMILES string of the molecule is Cc1csc(CCNC2CC(O)C2(C)C)n1. The molecule has 2 unspecified atom stereocenters. The summed E-state index contributed by atoms with van der Waals surface area (Å²) in [6.07, 6.45) is 1.72. The molecule has 1 aromatic heterocycles. The number of aliphatic hydroxyl groups is 1. The molecule has 2 rings (SSSR count). The lowest BCUT2D eigenvalue weighted by Crippen LogP contribution is -2.60. The Bertz CT molecular complexity index is 362. The maximum absolute atomic E-state index is 9.62. The third-order valence-electron chi connectivity index (χ3n) is 3.61. The molecular weight excluding hydrogens is 220 g/mol. The fraction of sp³-hybridized carbons (Fsp3) is 0.750. The Labute approximate surface area is 101 Å². The van der Waals surface area contributed by atoms with Crippen molar-refractivity contribution in [3.05, 3.63) is 16.1 Å². The van der Waals surface area contributed by atoms with Crippen LogP contribution in [0.5, 0.6) is 0 Å². The summed E-state index contributed by atoms with van der Waals surface area (Å²) in [6.45, 7) is 7.21. The zero-order chi connectivity index (χ0) is 11.8. The summed E-state index contributed by atoms with van der Waals surface area (Å²) >= 11 is 1.73. The second-order valence-electron chi connectivity index (χ2n) is 5.21. The molecule has 0 amide bonds. The molecular formula is C12H20N2OS. The number of hydrogen-bond donors (Lipinski definition) is 2. The van der Waals surface area contributed by atoms with Crippen LogP contribution in [-0.2, 0) is 6.42 Å². The molecule has 0 spiro atoms. The summed E-state index contributed by atoms with van der Waals surface area (Å²) in [5.74, 6) is 0. The van der Waals surface area contributed by atoms with Gasteiger partial charge in [-0.3, -0.25) is 0 Å². The van der Waals surface area contributed by atoms with Gasteiger partial charge in [-0.25, -0.2) is 4.98 Å². The summed E-state index contributed by atoms with van der Waals surface area (Å²) in [6, 6.07) is 0.448. The van der Waals surface area contributed by atoms with E-state index in [1.54, 1.807) is 11.3 Å². The third kappa shape index (κ3) is 2.29. The predicted octanol–water partition coefficient (Wildman–Crippen LogP) is 1.74. The summed E-state index contributed by atoms with van der Waals surface area (Å²) in [5, 5.41) is 16.4. The fourth-order valence-corrected chi connectivity index (χ4v) is 2.90. The maximum atomic E-state index is 9.62. The van der Waals surface area contributed by atoms with Crippen LogP contribution in [0, 0.1) is 12.3 Å². The molecule has 0 radical (unpaired) electrons. The molecule has 2 atom stereocenters. The van der Waals surface area contributed by atoms with Crippen molar-refractivity contribution in [2.75, 3.05) is 6.54 Å².